The van der Waals surface area contributed by atoms with Crippen molar-refractivity contribution < 1.29 is 9.18 Å². The van der Waals surface area contributed by atoms with Gasteiger partial charge in [-0.05, 0) is 42.0 Å². The molecule has 2 N–H and O–H groups in total. The summed E-state index contributed by atoms with van der Waals surface area (Å²) >= 11 is 0. The molecule has 3 rings (SSSR count). The van der Waals surface area contributed by atoms with E-state index in [0.29, 0.717) is 36.7 Å². The highest BCUT2D eigenvalue weighted by atomic mass is 19.1. The monoisotopic (exact) mass is 342 g/mol. The van der Waals surface area contributed by atoms with E-state index >= 15 is 0 Å². The van der Waals surface area contributed by atoms with Crippen LogP contribution in [0.1, 0.15) is 30.6 Å². The van der Waals surface area contributed by atoms with E-state index in [0.717, 1.165) is 6.42 Å². The molecule has 25 heavy (non-hydrogen) atoms. The molecule has 0 spiro atoms. The van der Waals surface area contributed by atoms with E-state index in [2.05, 4.69) is 23.8 Å². The van der Waals surface area contributed by atoms with Crippen molar-refractivity contribution in [3.63, 3.8) is 0 Å². The second kappa shape index (κ2) is 6.88. The number of nitrogens with zero attached hydrogens (tertiary/aromatic N) is 3. The minimum Gasteiger partial charge on any atom is -0.338 e. The highest BCUT2D eigenvalue weighted by molar-refractivity contribution is 5.95. The van der Waals surface area contributed by atoms with Gasteiger partial charge in [0.1, 0.15) is 12.1 Å². The second-order valence-electron chi connectivity index (χ2n) is 7.47. The van der Waals surface area contributed by atoms with Gasteiger partial charge in [-0.15, -0.1) is 0 Å². The Bertz CT molecular complexity index is 757. The summed E-state index contributed by atoms with van der Waals surface area (Å²) in [5.74, 6) is -0.335. The Morgan fingerprint density at radius 3 is 2.56 bits per heavy atom. The summed E-state index contributed by atoms with van der Waals surface area (Å²) in [5.41, 5.74) is 7.31. The summed E-state index contributed by atoms with van der Waals surface area (Å²) < 4.78 is 14.4. The molecule has 5 nitrogen and oxygen atoms in total. The molecule has 1 aromatic heterocycles. The lowest BCUT2D eigenvalue weighted by Gasteiger charge is -2.42. The molecule has 0 bridgehead atoms. The maximum atomic E-state index is 14.4. The predicted molar refractivity (Wildman–Crippen MR) is 94.3 cm³/mol. The number of hydrogen-bond donors (Lipinski definition) is 1. The summed E-state index contributed by atoms with van der Waals surface area (Å²) in [6.07, 6.45) is 5.62. The number of carbonyl (C=O) groups is 1. The summed E-state index contributed by atoms with van der Waals surface area (Å²) in [6, 6.07) is 4.63. The van der Waals surface area contributed by atoms with Crippen LogP contribution in [0.4, 0.5) is 4.39 Å². The van der Waals surface area contributed by atoms with Gasteiger partial charge in [0.15, 0.2) is 0 Å². The Morgan fingerprint density at radius 2 is 1.96 bits per heavy atom. The quantitative estimate of drug-likeness (QED) is 0.907. The molecule has 0 radical (unpaired) electrons. The van der Waals surface area contributed by atoms with Crippen LogP contribution in [0.25, 0.3) is 11.1 Å². The van der Waals surface area contributed by atoms with E-state index in [1.165, 1.54) is 18.5 Å². The SMILES string of the molecule is CC(C)(CN)CC1CN(C(=O)c2ccc(-c3cncnc3)cc2F)C1. The normalized spacial score (nSPS) is 15.1. The Hall–Kier alpha value is -2.34. The van der Waals surface area contributed by atoms with Gasteiger partial charge in [0.2, 0.25) is 0 Å². The number of nitrogens with two attached hydrogens (primary N) is 1. The number of hydrogen-bond acceptors (Lipinski definition) is 4. The molecular formula is C19H23FN4O. The van der Waals surface area contributed by atoms with Crippen LogP contribution >= 0.6 is 0 Å². The molecular weight excluding hydrogens is 319 g/mol. The molecule has 1 saturated heterocycles. The molecule has 1 amide bonds. The highest BCUT2D eigenvalue weighted by Crippen LogP contribution is 2.31. The van der Waals surface area contributed by atoms with Crippen LogP contribution < -0.4 is 5.73 Å². The zero-order chi connectivity index (χ0) is 18.0. The zero-order valence-corrected chi connectivity index (χ0v) is 14.6. The fourth-order valence-electron chi connectivity index (χ4n) is 3.22. The van der Waals surface area contributed by atoms with Crippen LogP contribution in [0.5, 0.6) is 0 Å². The molecule has 1 aliphatic rings. The Kier molecular flexibility index (Phi) is 4.81. The minimum absolute atomic E-state index is 0.0739. The largest absolute Gasteiger partial charge is 0.338 e. The van der Waals surface area contributed by atoms with Crippen LogP contribution in [0.3, 0.4) is 0 Å². The number of carbonyl (C=O) groups excluding carboxylic acids is 1. The van der Waals surface area contributed by atoms with Crippen LogP contribution in [-0.4, -0.2) is 40.4 Å². The number of likely N-dealkylation sites (tertiary alicyclic amines) is 1. The lowest BCUT2D eigenvalue weighted by atomic mass is 9.79. The topological polar surface area (TPSA) is 72.1 Å². The van der Waals surface area contributed by atoms with Gasteiger partial charge in [0.25, 0.3) is 5.91 Å². The van der Waals surface area contributed by atoms with E-state index in [4.69, 9.17) is 5.73 Å². The van der Waals surface area contributed by atoms with Crippen molar-refractivity contribution in [2.45, 2.75) is 20.3 Å². The van der Waals surface area contributed by atoms with Crippen molar-refractivity contribution in [1.82, 2.24) is 14.9 Å². The third-order valence-electron chi connectivity index (χ3n) is 4.73. The smallest absolute Gasteiger partial charge is 0.256 e. The van der Waals surface area contributed by atoms with Gasteiger partial charge in [0.05, 0.1) is 5.56 Å². The van der Waals surface area contributed by atoms with E-state index in [1.54, 1.807) is 23.4 Å². The average Bonchev–Trinajstić information content (AvgIpc) is 2.58. The first-order valence-electron chi connectivity index (χ1n) is 8.44. The van der Waals surface area contributed by atoms with Gasteiger partial charge < -0.3 is 10.6 Å². The molecule has 0 aliphatic carbocycles. The van der Waals surface area contributed by atoms with Crippen LogP contribution in [0.15, 0.2) is 36.9 Å². The first-order valence-corrected chi connectivity index (χ1v) is 8.44. The van der Waals surface area contributed by atoms with E-state index in [1.807, 2.05) is 0 Å². The lowest BCUT2D eigenvalue weighted by molar-refractivity contribution is 0.0402. The number of aromatic nitrogens is 2. The zero-order valence-electron chi connectivity index (χ0n) is 14.6. The molecule has 2 aromatic rings. The lowest BCUT2D eigenvalue weighted by Crippen LogP contribution is -2.51. The number of amides is 1. The highest BCUT2D eigenvalue weighted by Gasteiger charge is 2.35. The van der Waals surface area contributed by atoms with Crippen molar-refractivity contribution in [2.75, 3.05) is 19.6 Å². The molecule has 1 fully saturated rings. The average molecular weight is 342 g/mol. The molecule has 132 valence electrons. The third-order valence-corrected chi connectivity index (χ3v) is 4.73. The first kappa shape index (κ1) is 17.5. The van der Waals surface area contributed by atoms with Crippen molar-refractivity contribution in [1.29, 1.82) is 0 Å². The van der Waals surface area contributed by atoms with Crippen LogP contribution in [-0.2, 0) is 0 Å². The summed E-state index contributed by atoms with van der Waals surface area (Å²) in [4.78, 5) is 22.1. The van der Waals surface area contributed by atoms with Crippen molar-refractivity contribution in [2.24, 2.45) is 17.1 Å². The standard InChI is InChI=1S/C19H23FN4O/c1-19(2,11-21)6-13-9-24(10-13)18(25)16-4-3-14(5-17(16)20)15-7-22-12-23-8-15/h3-5,7-8,12-13H,6,9-11,21H2,1-2H3. The van der Waals surface area contributed by atoms with E-state index in [9.17, 15) is 9.18 Å². The van der Waals surface area contributed by atoms with E-state index in [-0.39, 0.29) is 16.9 Å². The van der Waals surface area contributed by atoms with Gasteiger partial charge in [-0.25, -0.2) is 14.4 Å². The minimum atomic E-state index is -0.517. The third kappa shape index (κ3) is 3.85. The van der Waals surface area contributed by atoms with Gasteiger partial charge >= 0.3 is 0 Å². The van der Waals surface area contributed by atoms with Crippen molar-refractivity contribution in [3.05, 3.63) is 48.3 Å². The summed E-state index contributed by atoms with van der Waals surface area (Å²) in [5, 5.41) is 0. The molecule has 0 atom stereocenters. The van der Waals surface area contributed by atoms with Crippen LogP contribution in [0, 0.1) is 17.2 Å². The van der Waals surface area contributed by atoms with Gasteiger partial charge in [-0.2, -0.15) is 0 Å². The maximum absolute atomic E-state index is 14.4. The van der Waals surface area contributed by atoms with Crippen molar-refractivity contribution >= 4 is 5.91 Å². The fraction of sp³-hybridized carbons (Fsp3) is 0.421. The number of rotatable bonds is 5. The molecule has 6 heteroatoms. The number of benzene rings is 1. The van der Waals surface area contributed by atoms with Gasteiger partial charge in [-0.1, -0.05) is 19.9 Å². The van der Waals surface area contributed by atoms with Gasteiger partial charge in [0, 0.05) is 31.0 Å². The van der Waals surface area contributed by atoms with Crippen LogP contribution in [0.2, 0.25) is 0 Å². The first-order chi connectivity index (χ1) is 11.9. The summed E-state index contributed by atoms with van der Waals surface area (Å²) in [7, 11) is 0. The Balaban J connectivity index is 1.66. The predicted octanol–water partition coefficient (Wildman–Crippen LogP) is 2.73. The fourth-order valence-corrected chi connectivity index (χ4v) is 3.22. The molecule has 0 saturated carbocycles. The number of halogens is 1. The summed E-state index contributed by atoms with van der Waals surface area (Å²) in [6.45, 7) is 6.20. The molecule has 0 unspecified atom stereocenters. The van der Waals surface area contributed by atoms with Crippen molar-refractivity contribution in [3.8, 4) is 11.1 Å². The second-order valence-corrected chi connectivity index (χ2v) is 7.47. The van der Waals surface area contributed by atoms with E-state index < -0.39 is 5.82 Å². The Labute approximate surface area is 147 Å². The Morgan fingerprint density at radius 1 is 1.28 bits per heavy atom. The van der Waals surface area contributed by atoms with Gasteiger partial charge in [-0.3, -0.25) is 4.79 Å². The molecule has 1 aliphatic heterocycles. The molecule has 2 heterocycles. The maximum Gasteiger partial charge on any atom is 0.256 e. The molecule has 1 aromatic carbocycles.